The second-order valence-corrected chi connectivity index (χ2v) is 6.32. The Morgan fingerprint density at radius 3 is 2.71 bits per heavy atom. The molecule has 0 aliphatic rings. The summed E-state index contributed by atoms with van der Waals surface area (Å²) in [6.07, 6.45) is 2.52. The van der Waals surface area contributed by atoms with E-state index in [1.807, 2.05) is 0 Å². The summed E-state index contributed by atoms with van der Waals surface area (Å²) in [4.78, 5) is 27.7. The van der Waals surface area contributed by atoms with Crippen LogP contribution in [0.3, 0.4) is 0 Å². The standard InChI is InChI=1S/C18H11ClFN5O3/c19-13-4-3-5-14(20)12(13)9-23-10-21-17-11(18(23)26)8-22-24(17)15-6-1-2-7-16(15)25(27)28/h1-8,10H,9H2. The smallest absolute Gasteiger partial charge is 0.294 e. The molecule has 0 bridgehead atoms. The predicted molar refractivity (Wildman–Crippen MR) is 100 cm³/mol. The summed E-state index contributed by atoms with van der Waals surface area (Å²) in [5.41, 5.74) is -0.122. The minimum Gasteiger partial charge on any atom is -0.294 e. The quantitative estimate of drug-likeness (QED) is 0.387. The van der Waals surface area contributed by atoms with Gasteiger partial charge in [-0.05, 0) is 18.2 Å². The van der Waals surface area contributed by atoms with E-state index in [0.29, 0.717) is 0 Å². The van der Waals surface area contributed by atoms with E-state index in [0.717, 1.165) is 0 Å². The van der Waals surface area contributed by atoms with Crippen LogP contribution in [-0.4, -0.2) is 24.3 Å². The molecule has 0 spiro atoms. The van der Waals surface area contributed by atoms with Crippen LogP contribution in [0.5, 0.6) is 0 Å². The average molecular weight is 400 g/mol. The lowest BCUT2D eigenvalue weighted by Crippen LogP contribution is -2.21. The van der Waals surface area contributed by atoms with Crippen molar-refractivity contribution < 1.29 is 9.31 Å². The fraction of sp³-hybridized carbons (Fsp3) is 0.0556. The van der Waals surface area contributed by atoms with Gasteiger partial charge in [-0.15, -0.1) is 0 Å². The molecule has 0 atom stereocenters. The highest BCUT2D eigenvalue weighted by Gasteiger charge is 2.19. The first-order valence-electron chi connectivity index (χ1n) is 8.07. The Morgan fingerprint density at radius 1 is 1.18 bits per heavy atom. The first kappa shape index (κ1) is 17.8. The van der Waals surface area contributed by atoms with Crippen molar-refractivity contribution in [1.29, 1.82) is 0 Å². The second kappa shape index (κ2) is 6.86. The minimum atomic E-state index is -0.537. The van der Waals surface area contributed by atoms with Gasteiger partial charge in [0.05, 0.1) is 17.7 Å². The highest BCUT2D eigenvalue weighted by Crippen LogP contribution is 2.24. The fourth-order valence-corrected chi connectivity index (χ4v) is 3.11. The van der Waals surface area contributed by atoms with Gasteiger partial charge in [0.25, 0.3) is 11.2 Å². The van der Waals surface area contributed by atoms with E-state index < -0.39 is 16.3 Å². The molecular weight excluding hydrogens is 389 g/mol. The van der Waals surface area contributed by atoms with Gasteiger partial charge in [-0.3, -0.25) is 19.5 Å². The highest BCUT2D eigenvalue weighted by molar-refractivity contribution is 6.31. The van der Waals surface area contributed by atoms with Gasteiger partial charge < -0.3 is 0 Å². The van der Waals surface area contributed by atoms with Crippen LogP contribution in [0.2, 0.25) is 5.02 Å². The fourth-order valence-electron chi connectivity index (χ4n) is 2.89. The van der Waals surface area contributed by atoms with Crippen molar-refractivity contribution >= 4 is 28.3 Å². The molecular formula is C18H11ClFN5O3. The van der Waals surface area contributed by atoms with Gasteiger partial charge in [-0.2, -0.15) is 5.10 Å². The molecule has 10 heteroatoms. The van der Waals surface area contributed by atoms with Crippen molar-refractivity contribution in [3.63, 3.8) is 0 Å². The van der Waals surface area contributed by atoms with Crippen LogP contribution in [0.4, 0.5) is 10.1 Å². The number of para-hydroxylation sites is 2. The average Bonchev–Trinajstić information content (AvgIpc) is 3.11. The SMILES string of the molecule is O=c1c2cnn(-c3ccccc3[N+](=O)[O-])c2ncn1Cc1c(F)cccc1Cl. The second-order valence-electron chi connectivity index (χ2n) is 5.92. The van der Waals surface area contributed by atoms with Gasteiger partial charge >= 0.3 is 0 Å². The third-order valence-corrected chi connectivity index (χ3v) is 4.61. The van der Waals surface area contributed by atoms with E-state index >= 15 is 0 Å². The van der Waals surface area contributed by atoms with Gasteiger partial charge in [0.2, 0.25) is 0 Å². The van der Waals surface area contributed by atoms with Crippen LogP contribution < -0.4 is 5.56 Å². The lowest BCUT2D eigenvalue weighted by Gasteiger charge is -2.09. The maximum absolute atomic E-state index is 14.0. The number of rotatable bonds is 4. The summed E-state index contributed by atoms with van der Waals surface area (Å²) in [6, 6.07) is 10.3. The monoisotopic (exact) mass is 399 g/mol. The molecule has 0 saturated carbocycles. The van der Waals surface area contributed by atoms with E-state index in [2.05, 4.69) is 10.1 Å². The Labute approximate surface area is 161 Å². The van der Waals surface area contributed by atoms with E-state index in [-0.39, 0.29) is 39.5 Å². The number of hydrogen-bond donors (Lipinski definition) is 0. The first-order chi connectivity index (χ1) is 13.5. The van der Waals surface area contributed by atoms with Crippen molar-refractivity contribution in [2.45, 2.75) is 6.54 Å². The summed E-state index contributed by atoms with van der Waals surface area (Å²) in [5, 5.41) is 15.7. The molecule has 0 radical (unpaired) electrons. The van der Waals surface area contributed by atoms with Gasteiger partial charge in [0.1, 0.15) is 23.2 Å². The predicted octanol–water partition coefficient (Wildman–Crippen LogP) is 3.33. The molecule has 0 N–H and O–H groups in total. The molecule has 2 aromatic heterocycles. The largest absolute Gasteiger partial charge is 0.294 e. The number of benzene rings is 2. The zero-order valence-corrected chi connectivity index (χ0v) is 14.9. The van der Waals surface area contributed by atoms with Crippen molar-refractivity contribution in [1.82, 2.24) is 19.3 Å². The van der Waals surface area contributed by atoms with E-state index in [1.165, 1.54) is 58.2 Å². The Kier molecular flexibility index (Phi) is 4.36. The van der Waals surface area contributed by atoms with E-state index in [4.69, 9.17) is 11.6 Å². The van der Waals surface area contributed by atoms with Crippen LogP contribution in [0.25, 0.3) is 16.7 Å². The molecule has 8 nitrogen and oxygen atoms in total. The minimum absolute atomic E-state index is 0.107. The molecule has 4 rings (SSSR count). The molecule has 0 amide bonds. The summed E-state index contributed by atoms with van der Waals surface area (Å²) in [5.74, 6) is -0.532. The maximum Gasteiger partial charge on any atom is 0.294 e. The molecule has 140 valence electrons. The maximum atomic E-state index is 14.0. The zero-order valence-electron chi connectivity index (χ0n) is 14.1. The Morgan fingerprint density at radius 2 is 1.96 bits per heavy atom. The molecule has 0 unspecified atom stereocenters. The van der Waals surface area contributed by atoms with Crippen molar-refractivity contribution in [2.75, 3.05) is 0 Å². The molecule has 0 fully saturated rings. The summed E-state index contributed by atoms with van der Waals surface area (Å²) >= 11 is 6.03. The van der Waals surface area contributed by atoms with Crippen LogP contribution in [0.15, 0.2) is 59.8 Å². The van der Waals surface area contributed by atoms with Crippen molar-refractivity contribution in [2.24, 2.45) is 0 Å². The molecule has 0 aliphatic carbocycles. The van der Waals surface area contributed by atoms with Gasteiger partial charge in [-0.1, -0.05) is 29.8 Å². The summed E-state index contributed by atoms with van der Waals surface area (Å²) in [7, 11) is 0. The molecule has 28 heavy (non-hydrogen) atoms. The van der Waals surface area contributed by atoms with Crippen LogP contribution >= 0.6 is 11.6 Å². The van der Waals surface area contributed by atoms with E-state index in [9.17, 15) is 19.3 Å². The highest BCUT2D eigenvalue weighted by atomic mass is 35.5. The third-order valence-electron chi connectivity index (χ3n) is 4.25. The molecule has 2 heterocycles. The Balaban J connectivity index is 1.84. The number of halogens is 2. The molecule has 0 saturated heterocycles. The molecule has 2 aromatic carbocycles. The topological polar surface area (TPSA) is 95.8 Å². The van der Waals surface area contributed by atoms with Crippen LogP contribution in [-0.2, 0) is 6.54 Å². The number of fused-ring (bicyclic) bond motifs is 1. The molecule has 0 aliphatic heterocycles. The number of aromatic nitrogens is 4. The number of nitro groups is 1. The van der Waals surface area contributed by atoms with Crippen LogP contribution in [0, 0.1) is 15.9 Å². The Bertz CT molecular complexity index is 1260. The Hall–Kier alpha value is -3.59. The lowest BCUT2D eigenvalue weighted by atomic mass is 10.2. The first-order valence-corrected chi connectivity index (χ1v) is 8.45. The van der Waals surface area contributed by atoms with Crippen molar-refractivity contribution in [3.8, 4) is 5.69 Å². The zero-order chi connectivity index (χ0) is 19.8. The van der Waals surface area contributed by atoms with Gasteiger partial charge in [0, 0.05) is 16.7 Å². The normalized spacial score (nSPS) is 11.1. The van der Waals surface area contributed by atoms with E-state index in [1.54, 1.807) is 6.07 Å². The van der Waals surface area contributed by atoms with Gasteiger partial charge in [-0.25, -0.2) is 14.1 Å². The van der Waals surface area contributed by atoms with Crippen LogP contribution in [0.1, 0.15) is 5.56 Å². The third kappa shape index (κ3) is 2.91. The van der Waals surface area contributed by atoms with Gasteiger partial charge in [0.15, 0.2) is 5.65 Å². The number of nitro benzene ring substituents is 1. The lowest BCUT2D eigenvalue weighted by molar-refractivity contribution is -0.384. The number of hydrogen-bond acceptors (Lipinski definition) is 5. The number of nitrogens with zero attached hydrogens (tertiary/aromatic N) is 5. The van der Waals surface area contributed by atoms with Crippen molar-refractivity contribution in [3.05, 3.63) is 91.9 Å². The summed E-state index contributed by atoms with van der Waals surface area (Å²) in [6.45, 7) is -0.107. The molecule has 4 aromatic rings. The summed E-state index contributed by atoms with van der Waals surface area (Å²) < 4.78 is 16.5.